The molecule has 1 fully saturated rings. The first kappa shape index (κ1) is 19.7. The van der Waals surface area contributed by atoms with Gasteiger partial charge in [-0.25, -0.2) is 13.8 Å². The lowest BCUT2D eigenvalue weighted by Crippen LogP contribution is -2.43. The highest BCUT2D eigenvalue weighted by molar-refractivity contribution is 9.10. The third-order valence-corrected chi connectivity index (χ3v) is 6.07. The van der Waals surface area contributed by atoms with Gasteiger partial charge in [0.15, 0.2) is 0 Å². The summed E-state index contributed by atoms with van der Waals surface area (Å²) in [6.07, 6.45) is 2.49. The van der Waals surface area contributed by atoms with Crippen LogP contribution in [-0.2, 0) is 6.42 Å². The van der Waals surface area contributed by atoms with E-state index in [1.165, 1.54) is 6.07 Å². The Balaban J connectivity index is 1.68. The third-order valence-electron chi connectivity index (χ3n) is 5.33. The highest BCUT2D eigenvalue weighted by atomic mass is 79.9. The number of aromatic nitrogens is 1. The number of rotatable bonds is 4. The summed E-state index contributed by atoms with van der Waals surface area (Å²) in [6, 6.07) is 8.45. The first-order chi connectivity index (χ1) is 12.4. The lowest BCUT2D eigenvalue weighted by molar-refractivity contribution is 0.0822. The van der Waals surface area contributed by atoms with Gasteiger partial charge in [-0.3, -0.25) is 4.90 Å². The van der Waals surface area contributed by atoms with E-state index in [4.69, 9.17) is 11.6 Å². The summed E-state index contributed by atoms with van der Waals surface area (Å²) in [5, 5.41) is 0.160. The first-order valence-electron chi connectivity index (χ1n) is 8.87. The lowest BCUT2D eigenvalue weighted by atomic mass is 9.86. The number of nitrogens with zero attached hydrogens (tertiary/aromatic N) is 2. The molecule has 0 N–H and O–H groups in total. The van der Waals surface area contributed by atoms with Gasteiger partial charge in [0, 0.05) is 17.6 Å². The van der Waals surface area contributed by atoms with Crippen molar-refractivity contribution >= 4 is 27.5 Å². The quantitative estimate of drug-likeness (QED) is 0.525. The second-order valence-electron chi connectivity index (χ2n) is 7.06. The van der Waals surface area contributed by atoms with Gasteiger partial charge in [-0.2, -0.15) is 0 Å². The predicted molar refractivity (Wildman–Crippen MR) is 104 cm³/mol. The summed E-state index contributed by atoms with van der Waals surface area (Å²) < 4.78 is 29.0. The molecule has 3 atom stereocenters. The van der Waals surface area contributed by atoms with E-state index < -0.39 is 0 Å². The molecular formula is C20H22BrClF2N2. The molecule has 1 aromatic heterocycles. The Hall–Kier alpha value is -1.04. The van der Waals surface area contributed by atoms with Crippen LogP contribution >= 0.6 is 27.5 Å². The molecule has 2 aromatic rings. The smallest absolute Gasteiger partial charge is 0.146 e. The van der Waals surface area contributed by atoms with Gasteiger partial charge < -0.3 is 0 Å². The molecule has 1 saturated heterocycles. The van der Waals surface area contributed by atoms with E-state index in [-0.39, 0.29) is 28.7 Å². The number of hydrogen-bond acceptors (Lipinski definition) is 2. The van der Waals surface area contributed by atoms with Crippen LogP contribution in [0.2, 0.25) is 5.02 Å². The zero-order valence-electron chi connectivity index (χ0n) is 14.9. The van der Waals surface area contributed by atoms with Crippen LogP contribution in [0, 0.1) is 17.6 Å². The number of pyridine rings is 1. The van der Waals surface area contributed by atoms with Crippen LogP contribution in [0.15, 0.2) is 34.9 Å². The zero-order chi connectivity index (χ0) is 18.8. The van der Waals surface area contributed by atoms with Gasteiger partial charge in [0.05, 0.1) is 10.7 Å². The summed E-state index contributed by atoms with van der Waals surface area (Å²) in [5.41, 5.74) is 1.14. The monoisotopic (exact) mass is 442 g/mol. The van der Waals surface area contributed by atoms with Crippen LogP contribution in [0.3, 0.4) is 0 Å². The highest BCUT2D eigenvalue weighted by Crippen LogP contribution is 2.34. The Bertz CT molecular complexity index is 786. The van der Waals surface area contributed by atoms with Crippen molar-refractivity contribution in [3.8, 4) is 0 Å². The summed E-state index contributed by atoms with van der Waals surface area (Å²) in [4.78, 5) is 6.58. The van der Waals surface area contributed by atoms with Crippen molar-refractivity contribution in [2.24, 2.45) is 5.92 Å². The Morgan fingerprint density at radius 3 is 2.81 bits per heavy atom. The van der Waals surface area contributed by atoms with E-state index in [1.54, 1.807) is 24.3 Å². The van der Waals surface area contributed by atoms with Crippen LogP contribution in [0.4, 0.5) is 8.78 Å². The van der Waals surface area contributed by atoms with Crippen molar-refractivity contribution < 1.29 is 8.78 Å². The zero-order valence-corrected chi connectivity index (χ0v) is 17.2. The van der Waals surface area contributed by atoms with Crippen molar-refractivity contribution in [2.75, 3.05) is 6.54 Å². The fourth-order valence-corrected chi connectivity index (χ4v) is 4.47. The average molecular weight is 444 g/mol. The maximum Gasteiger partial charge on any atom is 0.146 e. The highest BCUT2D eigenvalue weighted by Gasteiger charge is 2.31. The van der Waals surface area contributed by atoms with Crippen LogP contribution in [0.1, 0.15) is 44.0 Å². The van der Waals surface area contributed by atoms with Gasteiger partial charge in [-0.1, -0.05) is 23.7 Å². The third kappa shape index (κ3) is 4.26. The van der Waals surface area contributed by atoms with Gasteiger partial charge in [-0.15, -0.1) is 0 Å². The van der Waals surface area contributed by atoms with E-state index in [0.717, 1.165) is 19.4 Å². The second kappa shape index (κ2) is 8.32. The van der Waals surface area contributed by atoms with Crippen LogP contribution < -0.4 is 0 Å². The summed E-state index contributed by atoms with van der Waals surface area (Å²) in [5.74, 6) is -0.219. The number of piperidine rings is 1. The van der Waals surface area contributed by atoms with Gasteiger partial charge in [0.25, 0.3) is 0 Å². The largest absolute Gasteiger partial charge is 0.294 e. The van der Waals surface area contributed by atoms with Crippen LogP contribution in [-0.4, -0.2) is 22.5 Å². The van der Waals surface area contributed by atoms with Gasteiger partial charge in [0.1, 0.15) is 16.2 Å². The molecule has 1 aliphatic rings. The van der Waals surface area contributed by atoms with E-state index in [2.05, 4.69) is 32.7 Å². The van der Waals surface area contributed by atoms with Gasteiger partial charge in [-0.05, 0) is 79.7 Å². The van der Waals surface area contributed by atoms with Gasteiger partial charge >= 0.3 is 0 Å². The topological polar surface area (TPSA) is 16.1 Å². The molecule has 1 aliphatic heterocycles. The van der Waals surface area contributed by atoms with E-state index in [9.17, 15) is 8.78 Å². The standard InChI is InChI=1S/C20H22BrClF2N2/c1-12-10-14(11-18-17(23)6-7-19(21)25-18)8-9-26(12)13(2)15-4-3-5-16(22)20(15)24/h3-7,12-14H,8-11H2,1-2H3/t12-,13?,14?/m1/s1. The Labute approximate surface area is 166 Å². The molecule has 1 aromatic carbocycles. The summed E-state index contributed by atoms with van der Waals surface area (Å²) >= 11 is 9.24. The van der Waals surface area contributed by atoms with Crippen molar-refractivity contribution in [2.45, 2.75) is 45.2 Å². The molecular weight excluding hydrogens is 422 g/mol. The average Bonchev–Trinajstić information content (AvgIpc) is 2.60. The molecule has 0 bridgehead atoms. The van der Waals surface area contributed by atoms with Crippen molar-refractivity contribution in [3.05, 3.63) is 62.8 Å². The molecule has 2 nitrogen and oxygen atoms in total. The molecule has 6 heteroatoms. The summed E-state index contributed by atoms with van der Waals surface area (Å²) in [7, 11) is 0. The molecule has 2 heterocycles. The number of likely N-dealkylation sites (tertiary alicyclic amines) is 1. The Morgan fingerprint density at radius 2 is 2.08 bits per heavy atom. The van der Waals surface area contributed by atoms with Crippen molar-refractivity contribution in [1.82, 2.24) is 9.88 Å². The van der Waals surface area contributed by atoms with E-state index in [1.807, 2.05) is 6.92 Å². The minimum atomic E-state index is -0.337. The number of benzene rings is 1. The van der Waals surface area contributed by atoms with Crippen molar-refractivity contribution in [1.29, 1.82) is 0 Å². The minimum absolute atomic E-state index is 0.0506. The molecule has 26 heavy (non-hydrogen) atoms. The van der Waals surface area contributed by atoms with Crippen LogP contribution in [0.25, 0.3) is 0 Å². The molecule has 0 saturated carbocycles. The van der Waals surface area contributed by atoms with E-state index >= 15 is 0 Å². The second-order valence-corrected chi connectivity index (χ2v) is 8.28. The Morgan fingerprint density at radius 1 is 1.31 bits per heavy atom. The molecule has 0 spiro atoms. The normalized spacial score (nSPS) is 22.4. The molecule has 0 aliphatic carbocycles. The van der Waals surface area contributed by atoms with Crippen molar-refractivity contribution in [3.63, 3.8) is 0 Å². The SMILES string of the molecule is CC(c1cccc(Cl)c1F)N1CCC(Cc2nc(Br)ccc2F)C[C@H]1C. The molecule has 3 rings (SSSR count). The lowest BCUT2D eigenvalue weighted by Gasteiger charge is -2.41. The number of hydrogen-bond donors (Lipinski definition) is 0. The maximum atomic E-state index is 14.4. The Kier molecular flexibility index (Phi) is 6.31. The van der Waals surface area contributed by atoms with Crippen LogP contribution in [0.5, 0.6) is 0 Å². The first-order valence-corrected chi connectivity index (χ1v) is 10.0. The fourth-order valence-electron chi connectivity index (χ4n) is 3.94. The van der Waals surface area contributed by atoms with Gasteiger partial charge in [0.2, 0.25) is 0 Å². The minimum Gasteiger partial charge on any atom is -0.294 e. The predicted octanol–water partition coefficient (Wildman–Crippen LogP) is 6.18. The molecule has 140 valence electrons. The molecule has 2 unspecified atom stereocenters. The molecule has 0 radical (unpaired) electrons. The summed E-state index contributed by atoms with van der Waals surface area (Å²) in [6.45, 7) is 5.01. The number of halogens is 4. The fraction of sp³-hybridized carbons (Fsp3) is 0.450. The van der Waals surface area contributed by atoms with E-state index in [0.29, 0.717) is 28.2 Å². The molecule has 0 amide bonds. The maximum absolute atomic E-state index is 14.4.